The minimum absolute atomic E-state index is 0.367. The number of hydrogen-bond donors (Lipinski definition) is 0. The van der Waals surface area contributed by atoms with Crippen LogP contribution in [0.25, 0.3) is 11.1 Å². The summed E-state index contributed by atoms with van der Waals surface area (Å²) in [4.78, 5) is 0. The van der Waals surface area contributed by atoms with Gasteiger partial charge in [0.05, 0.1) is 16.1 Å². The minimum Gasteiger partial charge on any atom is -0.0650 e. The van der Waals surface area contributed by atoms with Crippen LogP contribution >= 0.6 is 0 Å². The molecule has 0 atom stereocenters. The topological polar surface area (TPSA) is 0 Å². The van der Waals surface area contributed by atoms with Crippen molar-refractivity contribution in [2.75, 3.05) is 0 Å². The molecule has 0 fully saturated rings. The van der Waals surface area contributed by atoms with Crippen LogP contribution in [0, 0.1) is 0 Å². The second kappa shape index (κ2) is 6.19. The van der Waals surface area contributed by atoms with E-state index in [2.05, 4.69) is 104 Å². The van der Waals surface area contributed by atoms with Crippen LogP contribution in [-0.2, 0) is 6.42 Å². The van der Waals surface area contributed by atoms with E-state index in [-0.39, 0.29) is 0 Å². The third-order valence-corrected chi connectivity index (χ3v) is 19.1. The fourth-order valence-corrected chi connectivity index (χ4v) is 7.55. The Balaban J connectivity index is 2.13. The van der Waals surface area contributed by atoms with Crippen molar-refractivity contribution < 1.29 is 0 Å². The summed E-state index contributed by atoms with van der Waals surface area (Å²) in [6, 6.07) is 14.8. The molecular weight excluding hydrogens is 356 g/mol. The molecule has 146 valence electrons. The highest BCUT2D eigenvalue weighted by Crippen LogP contribution is 2.41. The van der Waals surface area contributed by atoms with Crippen molar-refractivity contribution in [1.29, 1.82) is 0 Å². The normalized spacial score (nSPS) is 14.9. The van der Waals surface area contributed by atoms with Gasteiger partial charge in [0.25, 0.3) is 0 Å². The molecule has 3 rings (SSSR count). The Bertz CT molecular complexity index is 801. The highest BCUT2D eigenvalue weighted by Gasteiger charge is 2.39. The maximum absolute atomic E-state index is 2.55. The SMILES string of the molecule is CC(C)(C)[Si](C)(C)c1ccc2c(c1)-c1cc([Si](C)(C)C(C)(C)C)ccc1C2. The highest BCUT2D eigenvalue weighted by molar-refractivity contribution is 6.92. The molecule has 0 N–H and O–H groups in total. The summed E-state index contributed by atoms with van der Waals surface area (Å²) in [6.45, 7) is 24.6. The molecule has 0 saturated carbocycles. The molecule has 0 saturated heterocycles. The first-order valence-electron chi connectivity index (χ1n) is 10.4. The van der Waals surface area contributed by atoms with Gasteiger partial charge in [-0.3, -0.25) is 0 Å². The molecule has 0 radical (unpaired) electrons. The van der Waals surface area contributed by atoms with Gasteiger partial charge in [-0.05, 0) is 38.8 Å². The van der Waals surface area contributed by atoms with E-state index in [4.69, 9.17) is 0 Å². The second-order valence-corrected chi connectivity index (χ2v) is 22.3. The van der Waals surface area contributed by atoms with E-state index in [1.807, 2.05) is 0 Å². The lowest BCUT2D eigenvalue weighted by atomic mass is 10.1. The maximum atomic E-state index is 2.55. The number of fused-ring (bicyclic) bond motifs is 3. The summed E-state index contributed by atoms with van der Waals surface area (Å²) in [6.07, 6.45) is 1.10. The van der Waals surface area contributed by atoms with Gasteiger partial charge in [-0.1, -0.05) is 115 Å². The maximum Gasteiger partial charge on any atom is 0.0859 e. The molecule has 2 aromatic rings. The van der Waals surface area contributed by atoms with Crippen LogP contribution in [0.2, 0.25) is 36.3 Å². The van der Waals surface area contributed by atoms with Crippen molar-refractivity contribution in [3.8, 4) is 11.1 Å². The average molecular weight is 395 g/mol. The Labute approximate surface area is 169 Å². The fraction of sp³-hybridized carbons (Fsp3) is 0.520. The summed E-state index contributed by atoms with van der Waals surface area (Å²) in [5.74, 6) is 0. The van der Waals surface area contributed by atoms with Crippen molar-refractivity contribution in [3.63, 3.8) is 0 Å². The standard InChI is InChI=1S/C25H38Si2/c1-24(2,3)26(7,8)20-13-11-18-15-19-12-14-21(17-23(19)22(18)16-20)27(9,10)25(4,5)6/h11-14,16-17H,15H2,1-10H3. The van der Waals surface area contributed by atoms with Crippen LogP contribution in [0.1, 0.15) is 52.7 Å². The van der Waals surface area contributed by atoms with E-state index in [0.717, 1.165) is 6.42 Å². The van der Waals surface area contributed by atoms with Gasteiger partial charge < -0.3 is 0 Å². The second-order valence-electron chi connectivity index (χ2n) is 11.7. The lowest BCUT2D eigenvalue weighted by Crippen LogP contribution is -2.49. The molecule has 0 aromatic heterocycles. The summed E-state index contributed by atoms with van der Waals surface area (Å²) in [7, 11) is -3.03. The molecule has 0 heterocycles. The van der Waals surface area contributed by atoms with Crippen LogP contribution in [0.5, 0.6) is 0 Å². The molecular formula is C25H38Si2. The first-order chi connectivity index (χ1) is 12.2. The third-order valence-electron chi connectivity index (χ3n) is 8.08. The third kappa shape index (κ3) is 3.29. The fourth-order valence-electron chi connectivity index (χ4n) is 3.81. The van der Waals surface area contributed by atoms with Crippen molar-refractivity contribution in [2.45, 2.75) is 84.2 Å². The van der Waals surface area contributed by atoms with Crippen molar-refractivity contribution in [3.05, 3.63) is 47.5 Å². The Hall–Kier alpha value is -1.13. The lowest BCUT2D eigenvalue weighted by molar-refractivity contribution is 0.729. The van der Waals surface area contributed by atoms with Crippen molar-refractivity contribution in [2.24, 2.45) is 0 Å². The first-order valence-corrected chi connectivity index (χ1v) is 16.4. The van der Waals surface area contributed by atoms with Crippen LogP contribution in [0.15, 0.2) is 36.4 Å². The van der Waals surface area contributed by atoms with E-state index in [9.17, 15) is 0 Å². The summed E-state index contributed by atoms with van der Waals surface area (Å²) >= 11 is 0. The van der Waals surface area contributed by atoms with E-state index in [0.29, 0.717) is 10.1 Å². The van der Waals surface area contributed by atoms with Crippen molar-refractivity contribution >= 4 is 26.5 Å². The monoisotopic (exact) mass is 394 g/mol. The predicted molar refractivity (Wildman–Crippen MR) is 128 cm³/mol. The van der Waals surface area contributed by atoms with Gasteiger partial charge in [0, 0.05) is 0 Å². The van der Waals surface area contributed by atoms with E-state index in [1.165, 1.54) is 22.3 Å². The summed E-state index contributed by atoms with van der Waals surface area (Å²) in [5.41, 5.74) is 6.04. The molecule has 0 aliphatic heterocycles. The Morgan fingerprint density at radius 2 is 0.926 bits per heavy atom. The van der Waals surface area contributed by atoms with Gasteiger partial charge >= 0.3 is 0 Å². The molecule has 0 unspecified atom stereocenters. The molecule has 0 spiro atoms. The smallest absolute Gasteiger partial charge is 0.0650 e. The number of hydrogen-bond acceptors (Lipinski definition) is 0. The van der Waals surface area contributed by atoms with Crippen LogP contribution < -0.4 is 10.4 Å². The lowest BCUT2D eigenvalue weighted by Gasteiger charge is -2.38. The molecule has 2 aromatic carbocycles. The molecule has 2 heteroatoms. The summed E-state index contributed by atoms with van der Waals surface area (Å²) < 4.78 is 0. The predicted octanol–water partition coefficient (Wildman–Crippen LogP) is 6.69. The average Bonchev–Trinajstić information content (AvgIpc) is 2.89. The van der Waals surface area contributed by atoms with Crippen molar-refractivity contribution in [1.82, 2.24) is 0 Å². The van der Waals surface area contributed by atoms with Crippen LogP contribution in [-0.4, -0.2) is 16.1 Å². The molecule has 27 heavy (non-hydrogen) atoms. The Morgan fingerprint density at radius 1 is 0.593 bits per heavy atom. The zero-order valence-corrected chi connectivity index (χ0v) is 21.2. The molecule has 1 aliphatic carbocycles. The van der Waals surface area contributed by atoms with Gasteiger partial charge in [0.1, 0.15) is 0 Å². The Morgan fingerprint density at radius 3 is 1.22 bits per heavy atom. The largest absolute Gasteiger partial charge is 0.0859 e. The van der Waals surface area contributed by atoms with Gasteiger partial charge in [0.2, 0.25) is 0 Å². The van der Waals surface area contributed by atoms with Gasteiger partial charge in [-0.15, -0.1) is 0 Å². The van der Waals surface area contributed by atoms with Gasteiger partial charge in [0.15, 0.2) is 0 Å². The number of benzene rings is 2. The first kappa shape index (κ1) is 20.6. The van der Waals surface area contributed by atoms with E-state index >= 15 is 0 Å². The van der Waals surface area contributed by atoms with Gasteiger partial charge in [-0.25, -0.2) is 0 Å². The Kier molecular flexibility index (Phi) is 4.72. The van der Waals surface area contributed by atoms with E-state index in [1.54, 1.807) is 10.4 Å². The summed E-state index contributed by atoms with van der Waals surface area (Å²) in [5, 5.41) is 3.93. The van der Waals surface area contributed by atoms with E-state index < -0.39 is 16.1 Å². The minimum atomic E-state index is -1.52. The highest BCUT2D eigenvalue weighted by atomic mass is 28.3. The zero-order chi connectivity index (χ0) is 20.4. The molecule has 0 bridgehead atoms. The molecule has 1 aliphatic rings. The molecule has 0 amide bonds. The van der Waals surface area contributed by atoms with Gasteiger partial charge in [-0.2, -0.15) is 0 Å². The van der Waals surface area contributed by atoms with Crippen LogP contribution in [0.3, 0.4) is 0 Å². The quantitative estimate of drug-likeness (QED) is 0.425. The number of rotatable bonds is 2. The van der Waals surface area contributed by atoms with Crippen LogP contribution in [0.4, 0.5) is 0 Å². The zero-order valence-electron chi connectivity index (χ0n) is 19.2. The molecule has 0 nitrogen and oxygen atoms in total.